The van der Waals surface area contributed by atoms with Crippen molar-refractivity contribution in [3.05, 3.63) is 80.8 Å². The maximum Gasteiger partial charge on any atom is 0.325 e. The molecule has 9 heteroatoms. The maximum absolute atomic E-state index is 13.7. The Morgan fingerprint density at radius 1 is 1.12 bits per heavy atom. The Labute approximate surface area is 193 Å². The molecular formula is C24H23F2N3O3S. The fraction of sp³-hybridized carbons (Fsp3) is 0.292. The Morgan fingerprint density at radius 3 is 2.55 bits per heavy atom. The Bertz CT molecular complexity index is 1250. The van der Waals surface area contributed by atoms with Crippen LogP contribution in [0.5, 0.6) is 0 Å². The lowest BCUT2D eigenvalue weighted by molar-refractivity contribution is -0.130. The van der Waals surface area contributed by atoms with Crippen molar-refractivity contribution < 1.29 is 23.2 Å². The summed E-state index contributed by atoms with van der Waals surface area (Å²) >= 11 is 1.68. The number of benzene rings is 1. The molecule has 3 heterocycles. The SMILES string of the molecule is Cc1cc(C(=O)CN2C(=O)N[C@](C)(c3ccc(F)c(F)c3)C2=O)c(C)n1CCc1cccs1. The molecule has 0 radical (unpaired) electrons. The smallest absolute Gasteiger partial charge is 0.325 e. The van der Waals surface area contributed by atoms with Gasteiger partial charge >= 0.3 is 6.03 Å². The van der Waals surface area contributed by atoms with Crippen LogP contribution in [0.1, 0.15) is 39.1 Å². The summed E-state index contributed by atoms with van der Waals surface area (Å²) in [6, 6.07) is 8.08. The number of urea groups is 1. The summed E-state index contributed by atoms with van der Waals surface area (Å²) in [5.41, 5.74) is 0.631. The third-order valence-electron chi connectivity index (χ3n) is 6.11. The number of carbonyl (C=O) groups excluding carboxylic acids is 3. The summed E-state index contributed by atoms with van der Waals surface area (Å²) in [6.07, 6.45) is 0.835. The largest absolute Gasteiger partial charge is 0.348 e. The standard InChI is InChI=1S/C24H23F2N3O3S/c1-14-11-18(15(2)28(14)9-8-17-5-4-10-33-17)21(30)13-29-22(31)24(3,27-23(29)32)16-6-7-19(25)20(26)12-16/h4-7,10-12H,8-9,13H2,1-3H3,(H,27,32)/t24-/m1/s1. The van der Waals surface area contributed by atoms with Gasteiger partial charge in [0.15, 0.2) is 17.4 Å². The molecule has 0 unspecified atom stereocenters. The van der Waals surface area contributed by atoms with Crippen LogP contribution < -0.4 is 5.32 Å². The van der Waals surface area contributed by atoms with Crippen LogP contribution in [-0.4, -0.2) is 33.7 Å². The van der Waals surface area contributed by atoms with E-state index in [0.29, 0.717) is 12.1 Å². The van der Waals surface area contributed by atoms with Crippen molar-refractivity contribution in [3.63, 3.8) is 0 Å². The van der Waals surface area contributed by atoms with Gasteiger partial charge in [0.2, 0.25) is 0 Å². The van der Waals surface area contributed by atoms with Gasteiger partial charge in [-0.2, -0.15) is 0 Å². The molecule has 6 nitrogen and oxygen atoms in total. The minimum atomic E-state index is -1.59. The van der Waals surface area contributed by atoms with E-state index in [0.717, 1.165) is 34.8 Å². The maximum atomic E-state index is 13.7. The molecule has 1 saturated heterocycles. The van der Waals surface area contributed by atoms with Gasteiger partial charge in [0.1, 0.15) is 5.54 Å². The molecule has 2 aromatic heterocycles. The molecule has 3 aromatic rings. The molecule has 1 fully saturated rings. The van der Waals surface area contributed by atoms with E-state index in [1.54, 1.807) is 17.4 Å². The van der Waals surface area contributed by atoms with Gasteiger partial charge in [-0.15, -0.1) is 11.3 Å². The topological polar surface area (TPSA) is 71.4 Å². The van der Waals surface area contributed by atoms with E-state index in [1.807, 2.05) is 29.9 Å². The third-order valence-corrected chi connectivity index (χ3v) is 7.05. The Kier molecular flexibility index (Phi) is 5.92. The number of halogens is 2. The molecule has 172 valence electrons. The van der Waals surface area contributed by atoms with Crippen molar-refractivity contribution in [1.82, 2.24) is 14.8 Å². The van der Waals surface area contributed by atoms with Crippen molar-refractivity contribution in [2.75, 3.05) is 6.54 Å². The molecule has 1 aliphatic heterocycles. The molecular weight excluding hydrogens is 448 g/mol. The van der Waals surface area contributed by atoms with Crippen LogP contribution in [0.25, 0.3) is 0 Å². The van der Waals surface area contributed by atoms with Gasteiger partial charge in [-0.3, -0.25) is 14.5 Å². The highest BCUT2D eigenvalue weighted by atomic mass is 32.1. The number of carbonyl (C=O) groups is 3. The quantitative estimate of drug-likeness (QED) is 0.412. The van der Waals surface area contributed by atoms with Crippen LogP contribution in [-0.2, 0) is 23.3 Å². The number of hydrogen-bond acceptors (Lipinski definition) is 4. The molecule has 1 N–H and O–H groups in total. The first kappa shape index (κ1) is 22.8. The number of imide groups is 1. The lowest BCUT2D eigenvalue weighted by Crippen LogP contribution is -2.41. The molecule has 33 heavy (non-hydrogen) atoms. The molecule has 0 bridgehead atoms. The third kappa shape index (κ3) is 4.08. The number of rotatable bonds is 7. The number of Topliss-reactive ketones (excluding diaryl/α,β-unsaturated/α-hetero) is 1. The minimum Gasteiger partial charge on any atom is -0.348 e. The van der Waals surface area contributed by atoms with Crippen LogP contribution in [0.4, 0.5) is 13.6 Å². The zero-order valence-electron chi connectivity index (χ0n) is 18.4. The van der Waals surface area contributed by atoms with Gasteiger partial charge < -0.3 is 9.88 Å². The summed E-state index contributed by atoms with van der Waals surface area (Å²) < 4.78 is 29.1. The summed E-state index contributed by atoms with van der Waals surface area (Å²) in [5.74, 6) is -3.25. The first-order valence-corrected chi connectivity index (χ1v) is 11.3. The summed E-state index contributed by atoms with van der Waals surface area (Å²) in [4.78, 5) is 40.7. The summed E-state index contributed by atoms with van der Waals surface area (Å²) in [7, 11) is 0. The van der Waals surface area contributed by atoms with E-state index >= 15 is 0 Å². The molecule has 0 saturated carbocycles. The second-order valence-corrected chi connectivity index (χ2v) is 9.30. The van der Waals surface area contributed by atoms with E-state index in [1.165, 1.54) is 17.9 Å². The molecule has 0 aliphatic carbocycles. The predicted octanol–water partition coefficient (Wildman–Crippen LogP) is 4.34. The number of hydrogen-bond donors (Lipinski definition) is 1. The van der Waals surface area contributed by atoms with Gasteiger partial charge in [-0.25, -0.2) is 13.6 Å². The van der Waals surface area contributed by atoms with Crippen molar-refractivity contribution in [1.29, 1.82) is 0 Å². The number of thiophene rings is 1. The van der Waals surface area contributed by atoms with Gasteiger partial charge in [0, 0.05) is 28.4 Å². The zero-order chi connectivity index (χ0) is 23.9. The van der Waals surface area contributed by atoms with Crippen molar-refractivity contribution in [2.24, 2.45) is 0 Å². The van der Waals surface area contributed by atoms with Crippen molar-refractivity contribution in [2.45, 2.75) is 39.3 Å². The highest BCUT2D eigenvalue weighted by molar-refractivity contribution is 7.09. The molecule has 1 atom stereocenters. The first-order chi connectivity index (χ1) is 15.6. The highest BCUT2D eigenvalue weighted by Crippen LogP contribution is 2.30. The van der Waals surface area contributed by atoms with Crippen molar-refractivity contribution >= 4 is 29.1 Å². The molecule has 0 spiro atoms. The first-order valence-electron chi connectivity index (χ1n) is 10.4. The summed E-state index contributed by atoms with van der Waals surface area (Å²) in [5, 5.41) is 4.53. The van der Waals surface area contributed by atoms with Crippen LogP contribution in [0.3, 0.4) is 0 Å². The number of ketones is 1. The van der Waals surface area contributed by atoms with E-state index in [2.05, 4.69) is 11.4 Å². The molecule has 1 aliphatic rings. The number of amides is 3. The van der Waals surface area contributed by atoms with Crippen LogP contribution >= 0.6 is 11.3 Å². The number of aryl methyl sites for hydroxylation is 2. The molecule has 4 rings (SSSR count). The van der Waals surface area contributed by atoms with Gasteiger partial charge in [0.05, 0.1) is 6.54 Å². The minimum absolute atomic E-state index is 0.0986. The van der Waals surface area contributed by atoms with E-state index < -0.39 is 35.7 Å². The normalized spacial score (nSPS) is 18.2. The van der Waals surface area contributed by atoms with Crippen LogP contribution in [0, 0.1) is 25.5 Å². The fourth-order valence-corrected chi connectivity index (χ4v) is 4.87. The van der Waals surface area contributed by atoms with Crippen LogP contribution in [0.2, 0.25) is 0 Å². The monoisotopic (exact) mass is 471 g/mol. The van der Waals surface area contributed by atoms with Gasteiger partial charge in [0.25, 0.3) is 5.91 Å². The average molecular weight is 472 g/mol. The highest BCUT2D eigenvalue weighted by Gasteiger charge is 2.49. The Hall–Kier alpha value is -3.33. The lowest BCUT2D eigenvalue weighted by atomic mass is 9.92. The second kappa shape index (κ2) is 8.55. The lowest BCUT2D eigenvalue weighted by Gasteiger charge is -2.22. The van der Waals surface area contributed by atoms with Crippen LogP contribution in [0.15, 0.2) is 41.8 Å². The van der Waals surface area contributed by atoms with Gasteiger partial charge in [-0.1, -0.05) is 12.1 Å². The molecule has 1 aromatic carbocycles. The number of nitrogens with one attached hydrogen (secondary N) is 1. The zero-order valence-corrected chi connectivity index (χ0v) is 19.3. The molecule has 3 amide bonds. The second-order valence-electron chi connectivity index (χ2n) is 8.26. The number of aromatic nitrogens is 1. The van der Waals surface area contributed by atoms with Crippen molar-refractivity contribution in [3.8, 4) is 0 Å². The Morgan fingerprint density at radius 2 is 1.88 bits per heavy atom. The van der Waals surface area contributed by atoms with E-state index in [4.69, 9.17) is 0 Å². The van der Waals surface area contributed by atoms with Gasteiger partial charge in [-0.05, 0) is 62.4 Å². The predicted molar refractivity (Wildman–Crippen MR) is 120 cm³/mol. The van der Waals surface area contributed by atoms with E-state index in [-0.39, 0.29) is 11.3 Å². The summed E-state index contributed by atoms with van der Waals surface area (Å²) in [6.45, 7) is 5.42. The fourth-order valence-electron chi connectivity index (χ4n) is 4.18. The number of nitrogens with zero attached hydrogens (tertiary/aromatic N) is 2. The Balaban J connectivity index is 1.52. The average Bonchev–Trinajstić information content (AvgIpc) is 3.44. The van der Waals surface area contributed by atoms with E-state index in [9.17, 15) is 23.2 Å².